The second-order valence-corrected chi connectivity index (χ2v) is 4.30. The molecule has 0 amide bonds. The molecule has 0 aliphatic carbocycles. The van der Waals surface area contributed by atoms with Crippen LogP contribution in [0.3, 0.4) is 0 Å². The summed E-state index contributed by atoms with van der Waals surface area (Å²) in [5.41, 5.74) is 6.96. The Hall–Kier alpha value is -0.760. The van der Waals surface area contributed by atoms with Gasteiger partial charge in [0, 0.05) is 12.5 Å². The molecule has 0 fully saturated rings. The molecule has 0 saturated heterocycles. The predicted octanol–water partition coefficient (Wildman–Crippen LogP) is 2.93. The minimum atomic E-state index is 0.385. The third-order valence-electron chi connectivity index (χ3n) is 2.50. The van der Waals surface area contributed by atoms with Crippen molar-refractivity contribution in [3.63, 3.8) is 0 Å². The molecule has 0 radical (unpaired) electrons. The van der Waals surface area contributed by atoms with Crippen LogP contribution in [0.4, 0.5) is 0 Å². The first-order valence-electron chi connectivity index (χ1n) is 5.44. The Labute approximate surface area is 86.5 Å². The van der Waals surface area contributed by atoms with Gasteiger partial charge in [-0.05, 0) is 30.4 Å². The van der Waals surface area contributed by atoms with Gasteiger partial charge in [-0.3, -0.25) is 0 Å². The molecular weight excluding hydrogens is 174 g/mol. The fourth-order valence-electron chi connectivity index (χ4n) is 1.67. The topological polar surface area (TPSA) is 39.2 Å². The van der Waals surface area contributed by atoms with Crippen LogP contribution in [0.2, 0.25) is 0 Å². The molecule has 14 heavy (non-hydrogen) atoms. The van der Waals surface area contributed by atoms with Crippen LogP contribution in [-0.4, -0.2) is 6.54 Å². The molecule has 0 aliphatic heterocycles. The van der Waals surface area contributed by atoms with Crippen LogP contribution in [-0.2, 0) is 6.42 Å². The summed E-state index contributed by atoms with van der Waals surface area (Å²) in [7, 11) is 0. The molecule has 0 bridgehead atoms. The molecule has 1 aromatic rings. The number of hydrogen-bond donors (Lipinski definition) is 1. The van der Waals surface area contributed by atoms with E-state index in [1.807, 2.05) is 6.26 Å². The lowest BCUT2D eigenvalue weighted by Crippen LogP contribution is -2.10. The first kappa shape index (κ1) is 11.3. The summed E-state index contributed by atoms with van der Waals surface area (Å²) < 4.78 is 5.53. The van der Waals surface area contributed by atoms with Crippen molar-refractivity contribution in [3.8, 4) is 0 Å². The van der Waals surface area contributed by atoms with Crippen molar-refractivity contribution in [2.75, 3.05) is 6.54 Å². The highest BCUT2D eigenvalue weighted by atomic mass is 16.3. The van der Waals surface area contributed by atoms with Crippen LogP contribution in [0, 0.1) is 5.92 Å². The summed E-state index contributed by atoms with van der Waals surface area (Å²) in [6.07, 6.45) is 4.00. The minimum Gasteiger partial charge on any atom is -0.469 e. The van der Waals surface area contributed by atoms with Crippen molar-refractivity contribution in [1.82, 2.24) is 0 Å². The van der Waals surface area contributed by atoms with Crippen LogP contribution in [0.5, 0.6) is 0 Å². The van der Waals surface area contributed by atoms with Crippen LogP contribution >= 0.6 is 0 Å². The molecule has 1 unspecified atom stereocenters. The highest BCUT2D eigenvalue weighted by Crippen LogP contribution is 2.22. The zero-order chi connectivity index (χ0) is 10.6. The maximum Gasteiger partial charge on any atom is 0.108 e. The van der Waals surface area contributed by atoms with E-state index in [2.05, 4.69) is 26.8 Å². The fraction of sp³-hybridized carbons (Fsp3) is 0.667. The molecule has 2 nitrogen and oxygen atoms in total. The first-order valence-corrected chi connectivity index (χ1v) is 5.44. The average Bonchev–Trinajstić information content (AvgIpc) is 2.54. The van der Waals surface area contributed by atoms with Gasteiger partial charge in [0.15, 0.2) is 0 Å². The summed E-state index contributed by atoms with van der Waals surface area (Å²) >= 11 is 0. The number of furan rings is 1. The fourth-order valence-corrected chi connectivity index (χ4v) is 1.67. The van der Waals surface area contributed by atoms with Crippen molar-refractivity contribution in [3.05, 3.63) is 23.7 Å². The molecular formula is C12H21NO. The van der Waals surface area contributed by atoms with Gasteiger partial charge in [0.2, 0.25) is 0 Å². The summed E-state index contributed by atoms with van der Waals surface area (Å²) in [5.74, 6) is 2.11. The van der Waals surface area contributed by atoms with E-state index in [4.69, 9.17) is 10.2 Å². The quantitative estimate of drug-likeness (QED) is 0.784. The second-order valence-electron chi connectivity index (χ2n) is 4.30. The molecule has 0 aliphatic rings. The van der Waals surface area contributed by atoms with Crippen LogP contribution < -0.4 is 5.73 Å². The molecule has 0 saturated carbocycles. The van der Waals surface area contributed by atoms with E-state index >= 15 is 0 Å². The smallest absolute Gasteiger partial charge is 0.108 e. The van der Waals surface area contributed by atoms with Gasteiger partial charge in [-0.1, -0.05) is 20.8 Å². The molecule has 80 valence electrons. The maximum absolute atomic E-state index is 5.67. The van der Waals surface area contributed by atoms with Crippen molar-refractivity contribution >= 4 is 0 Å². The molecule has 2 heteroatoms. The van der Waals surface area contributed by atoms with Crippen molar-refractivity contribution in [1.29, 1.82) is 0 Å². The maximum atomic E-state index is 5.67. The second kappa shape index (κ2) is 5.20. The van der Waals surface area contributed by atoms with Gasteiger partial charge in [0.25, 0.3) is 0 Å². The Kier molecular flexibility index (Phi) is 4.21. The third kappa shape index (κ3) is 2.88. The van der Waals surface area contributed by atoms with Crippen LogP contribution in [0.1, 0.15) is 44.4 Å². The van der Waals surface area contributed by atoms with Gasteiger partial charge in [-0.2, -0.15) is 0 Å². The Morgan fingerprint density at radius 1 is 1.43 bits per heavy atom. The lowest BCUT2D eigenvalue weighted by atomic mass is 10.0. The van der Waals surface area contributed by atoms with E-state index in [-0.39, 0.29) is 0 Å². The molecule has 1 heterocycles. The van der Waals surface area contributed by atoms with Gasteiger partial charge in [0.05, 0.1) is 6.26 Å². The van der Waals surface area contributed by atoms with E-state index in [1.54, 1.807) is 0 Å². The van der Waals surface area contributed by atoms with E-state index in [0.29, 0.717) is 18.4 Å². The van der Waals surface area contributed by atoms with Crippen molar-refractivity contribution < 1.29 is 4.42 Å². The Bertz CT molecular complexity index is 261. The lowest BCUT2D eigenvalue weighted by molar-refractivity contribution is 0.456. The summed E-state index contributed by atoms with van der Waals surface area (Å²) in [4.78, 5) is 0. The molecule has 1 rings (SSSR count). The third-order valence-corrected chi connectivity index (χ3v) is 2.50. The lowest BCUT2D eigenvalue weighted by Gasteiger charge is -2.07. The summed E-state index contributed by atoms with van der Waals surface area (Å²) in [6.45, 7) is 7.24. The van der Waals surface area contributed by atoms with E-state index in [0.717, 1.165) is 18.6 Å². The van der Waals surface area contributed by atoms with Crippen molar-refractivity contribution in [2.45, 2.75) is 39.5 Å². The number of hydrogen-bond acceptors (Lipinski definition) is 2. The summed E-state index contributed by atoms with van der Waals surface area (Å²) in [5, 5.41) is 0. The molecule has 0 spiro atoms. The van der Waals surface area contributed by atoms with Crippen LogP contribution in [0.25, 0.3) is 0 Å². The van der Waals surface area contributed by atoms with E-state index in [9.17, 15) is 0 Å². The SMILES string of the molecule is CCC(CN)c1cc(CC(C)C)co1. The Morgan fingerprint density at radius 3 is 2.64 bits per heavy atom. The zero-order valence-corrected chi connectivity index (χ0v) is 9.42. The van der Waals surface area contributed by atoms with Gasteiger partial charge in [-0.15, -0.1) is 0 Å². The normalized spacial score (nSPS) is 13.5. The minimum absolute atomic E-state index is 0.385. The monoisotopic (exact) mass is 195 g/mol. The van der Waals surface area contributed by atoms with E-state index < -0.39 is 0 Å². The molecule has 0 aromatic carbocycles. The number of rotatable bonds is 5. The average molecular weight is 195 g/mol. The predicted molar refractivity (Wildman–Crippen MR) is 59.3 cm³/mol. The largest absolute Gasteiger partial charge is 0.469 e. The van der Waals surface area contributed by atoms with Gasteiger partial charge in [-0.25, -0.2) is 0 Å². The molecule has 2 N–H and O–H groups in total. The van der Waals surface area contributed by atoms with Gasteiger partial charge < -0.3 is 10.2 Å². The molecule has 1 atom stereocenters. The van der Waals surface area contributed by atoms with E-state index in [1.165, 1.54) is 5.56 Å². The van der Waals surface area contributed by atoms with Gasteiger partial charge >= 0.3 is 0 Å². The van der Waals surface area contributed by atoms with Crippen molar-refractivity contribution in [2.24, 2.45) is 11.7 Å². The highest BCUT2D eigenvalue weighted by molar-refractivity contribution is 5.16. The van der Waals surface area contributed by atoms with Crippen LogP contribution in [0.15, 0.2) is 16.7 Å². The molecule has 1 aromatic heterocycles. The Morgan fingerprint density at radius 2 is 2.14 bits per heavy atom. The first-order chi connectivity index (χ1) is 6.67. The highest BCUT2D eigenvalue weighted by Gasteiger charge is 2.12. The summed E-state index contributed by atoms with van der Waals surface area (Å²) in [6, 6.07) is 2.15. The zero-order valence-electron chi connectivity index (χ0n) is 9.42. The Balaban J connectivity index is 2.66. The standard InChI is InChI=1S/C12H21NO/c1-4-11(7-13)12-6-10(8-14-12)5-9(2)3/h6,8-9,11H,4-5,7,13H2,1-3H3. The van der Waals surface area contributed by atoms with Gasteiger partial charge in [0.1, 0.15) is 5.76 Å². The number of nitrogens with two attached hydrogens (primary N) is 1.